The Hall–Kier alpha value is -1.40. The predicted molar refractivity (Wildman–Crippen MR) is 110 cm³/mol. The molecule has 0 amide bonds. The number of hydrogen-bond donors (Lipinski definition) is 3. The average molecular weight is 401 g/mol. The Bertz CT molecular complexity index is 421. The summed E-state index contributed by atoms with van der Waals surface area (Å²) < 4.78 is 4.77. The highest BCUT2D eigenvalue weighted by molar-refractivity contribution is 5.84. The molecule has 0 aromatic heterocycles. The van der Waals surface area contributed by atoms with Gasteiger partial charge in [0.25, 0.3) is 0 Å². The van der Waals surface area contributed by atoms with Gasteiger partial charge >= 0.3 is 11.9 Å². The molecule has 0 aliphatic carbocycles. The first-order chi connectivity index (χ1) is 13.5. The summed E-state index contributed by atoms with van der Waals surface area (Å²) in [6, 6.07) is 0. The lowest BCUT2D eigenvalue weighted by molar-refractivity contribution is -0.169. The van der Waals surface area contributed by atoms with Crippen molar-refractivity contribution in [3.05, 3.63) is 12.2 Å². The third kappa shape index (κ3) is 15.6. The molecule has 0 rings (SSSR count). The van der Waals surface area contributed by atoms with Gasteiger partial charge in [-0.1, -0.05) is 76.9 Å². The Labute approximate surface area is 170 Å². The fourth-order valence-corrected chi connectivity index (χ4v) is 2.87. The molecule has 0 saturated heterocycles. The molecule has 6 heteroatoms. The molecule has 0 aliphatic rings. The zero-order chi connectivity index (χ0) is 21.0. The number of esters is 1. The van der Waals surface area contributed by atoms with Gasteiger partial charge in [0.15, 0.2) is 12.2 Å². The maximum Gasteiger partial charge on any atom is 0.338 e. The van der Waals surface area contributed by atoms with Crippen molar-refractivity contribution < 1.29 is 29.6 Å². The summed E-state index contributed by atoms with van der Waals surface area (Å²) in [6.45, 7) is 2.37. The first kappa shape index (κ1) is 26.6. The molecule has 28 heavy (non-hydrogen) atoms. The summed E-state index contributed by atoms with van der Waals surface area (Å²) in [5.74, 6) is -2.75. The maximum atomic E-state index is 11.3. The fraction of sp³-hybridized carbons (Fsp3) is 0.818. The van der Waals surface area contributed by atoms with Crippen LogP contribution in [0.25, 0.3) is 0 Å². The molecular weight excluding hydrogens is 360 g/mol. The molecule has 0 heterocycles. The minimum Gasteiger partial charge on any atom is -0.479 e. The summed E-state index contributed by atoms with van der Waals surface area (Å²) in [5, 5.41) is 26.8. The summed E-state index contributed by atoms with van der Waals surface area (Å²) in [5.41, 5.74) is 0. The van der Waals surface area contributed by atoms with E-state index in [4.69, 9.17) is 14.9 Å². The van der Waals surface area contributed by atoms with Crippen LogP contribution in [0.1, 0.15) is 96.8 Å². The smallest absolute Gasteiger partial charge is 0.338 e. The van der Waals surface area contributed by atoms with Gasteiger partial charge in [0, 0.05) is 0 Å². The van der Waals surface area contributed by atoms with E-state index in [-0.39, 0.29) is 6.61 Å². The van der Waals surface area contributed by atoms with Crippen molar-refractivity contribution in [1.29, 1.82) is 0 Å². The van der Waals surface area contributed by atoms with Crippen LogP contribution in [-0.4, -0.2) is 46.1 Å². The molecule has 0 spiro atoms. The maximum absolute atomic E-state index is 11.3. The number of carbonyl (C=O) groups excluding carboxylic acids is 1. The van der Waals surface area contributed by atoms with Crippen LogP contribution in [0.5, 0.6) is 0 Å². The van der Waals surface area contributed by atoms with Crippen molar-refractivity contribution in [2.45, 2.75) is 109 Å². The van der Waals surface area contributed by atoms with E-state index in [1.165, 1.54) is 57.8 Å². The van der Waals surface area contributed by atoms with Crippen molar-refractivity contribution >= 4 is 11.9 Å². The molecule has 6 nitrogen and oxygen atoms in total. The summed E-state index contributed by atoms with van der Waals surface area (Å²) in [6.07, 6.45) is 17.0. The zero-order valence-electron chi connectivity index (χ0n) is 17.5. The molecule has 2 unspecified atom stereocenters. The molecule has 0 aromatic carbocycles. The number of aliphatic hydroxyl groups is 2. The van der Waals surface area contributed by atoms with E-state index in [9.17, 15) is 14.7 Å². The zero-order valence-corrected chi connectivity index (χ0v) is 17.5. The van der Waals surface area contributed by atoms with Crippen molar-refractivity contribution in [3.63, 3.8) is 0 Å². The number of aliphatic carboxylic acids is 1. The second kappa shape index (κ2) is 18.9. The lowest BCUT2D eigenvalue weighted by Gasteiger charge is -2.13. The van der Waals surface area contributed by atoms with Gasteiger partial charge in [0.2, 0.25) is 0 Å². The van der Waals surface area contributed by atoms with E-state index < -0.39 is 24.1 Å². The third-order valence-corrected chi connectivity index (χ3v) is 4.69. The largest absolute Gasteiger partial charge is 0.479 e. The molecule has 0 saturated carbocycles. The number of ether oxygens (including phenoxy) is 1. The lowest BCUT2D eigenvalue weighted by Crippen LogP contribution is -2.40. The van der Waals surface area contributed by atoms with Crippen LogP contribution in [0.3, 0.4) is 0 Å². The van der Waals surface area contributed by atoms with Crippen LogP contribution in [0.4, 0.5) is 0 Å². The normalized spacial score (nSPS) is 13.5. The van der Waals surface area contributed by atoms with E-state index in [0.717, 1.165) is 25.7 Å². The van der Waals surface area contributed by atoms with Crippen LogP contribution in [0.15, 0.2) is 12.2 Å². The molecule has 0 bridgehead atoms. The van der Waals surface area contributed by atoms with Crippen LogP contribution in [0.2, 0.25) is 0 Å². The standard InChI is InChI=1S/C22H40O6/c1-2-3-4-5-6-7-8-9-10-11-12-13-14-15-16-17-18-28-22(27)20(24)19(23)21(25)26/h9-10,19-20,23-24H,2-8,11-18H2,1H3,(H,25,26)/b10-9-. The number of carboxylic acid groups (broad SMARTS) is 1. The van der Waals surface area contributed by atoms with Gasteiger partial charge in [-0.15, -0.1) is 0 Å². The second-order valence-corrected chi connectivity index (χ2v) is 7.33. The SMILES string of the molecule is CCCCCCCC/C=C\CCCCCCCCOC(=O)C(O)C(O)C(=O)O. The monoisotopic (exact) mass is 400 g/mol. The summed E-state index contributed by atoms with van der Waals surface area (Å²) >= 11 is 0. The molecule has 2 atom stereocenters. The number of aliphatic hydroxyl groups excluding tert-OH is 2. The molecule has 3 N–H and O–H groups in total. The minimum atomic E-state index is -2.15. The minimum absolute atomic E-state index is 0.128. The number of carbonyl (C=O) groups is 2. The molecule has 0 fully saturated rings. The highest BCUT2D eigenvalue weighted by atomic mass is 16.5. The van der Waals surface area contributed by atoms with Gasteiger partial charge in [-0.3, -0.25) is 0 Å². The van der Waals surface area contributed by atoms with E-state index in [1.807, 2.05) is 0 Å². The molecule has 0 aromatic rings. The van der Waals surface area contributed by atoms with Crippen LogP contribution in [0, 0.1) is 0 Å². The van der Waals surface area contributed by atoms with Crippen molar-refractivity contribution in [2.24, 2.45) is 0 Å². The fourth-order valence-electron chi connectivity index (χ4n) is 2.87. The number of hydrogen-bond acceptors (Lipinski definition) is 5. The molecular formula is C22H40O6. The van der Waals surface area contributed by atoms with Gasteiger partial charge in [-0.05, 0) is 32.1 Å². The van der Waals surface area contributed by atoms with Gasteiger partial charge in [0.05, 0.1) is 6.61 Å². The van der Waals surface area contributed by atoms with Gasteiger partial charge < -0.3 is 20.1 Å². The summed E-state index contributed by atoms with van der Waals surface area (Å²) in [4.78, 5) is 21.8. The van der Waals surface area contributed by atoms with Crippen LogP contribution in [-0.2, 0) is 14.3 Å². The Morgan fingerprint density at radius 2 is 1.21 bits per heavy atom. The van der Waals surface area contributed by atoms with Crippen LogP contribution < -0.4 is 0 Å². The number of rotatable bonds is 19. The average Bonchev–Trinajstić information content (AvgIpc) is 2.68. The van der Waals surface area contributed by atoms with Crippen molar-refractivity contribution in [2.75, 3.05) is 6.61 Å². The number of allylic oxidation sites excluding steroid dienone is 2. The van der Waals surface area contributed by atoms with Crippen LogP contribution >= 0.6 is 0 Å². The van der Waals surface area contributed by atoms with E-state index in [2.05, 4.69) is 19.1 Å². The Morgan fingerprint density at radius 1 is 0.750 bits per heavy atom. The van der Waals surface area contributed by atoms with Gasteiger partial charge in [0.1, 0.15) is 0 Å². The van der Waals surface area contributed by atoms with E-state index in [1.54, 1.807) is 0 Å². The molecule has 164 valence electrons. The topological polar surface area (TPSA) is 104 Å². The van der Waals surface area contributed by atoms with Gasteiger partial charge in [-0.25, -0.2) is 9.59 Å². The van der Waals surface area contributed by atoms with Gasteiger partial charge in [-0.2, -0.15) is 0 Å². The second-order valence-electron chi connectivity index (χ2n) is 7.33. The first-order valence-electron chi connectivity index (χ1n) is 10.9. The quantitative estimate of drug-likeness (QED) is 0.169. The van der Waals surface area contributed by atoms with E-state index >= 15 is 0 Å². The van der Waals surface area contributed by atoms with Crippen molar-refractivity contribution in [3.8, 4) is 0 Å². The van der Waals surface area contributed by atoms with E-state index in [0.29, 0.717) is 6.42 Å². The summed E-state index contributed by atoms with van der Waals surface area (Å²) in [7, 11) is 0. The highest BCUT2D eigenvalue weighted by Crippen LogP contribution is 2.10. The number of unbranched alkanes of at least 4 members (excludes halogenated alkanes) is 12. The Morgan fingerprint density at radius 3 is 1.71 bits per heavy atom. The highest BCUT2D eigenvalue weighted by Gasteiger charge is 2.31. The Kier molecular flexibility index (Phi) is 18.0. The molecule has 0 radical (unpaired) electrons. The Balaban J connectivity index is 3.36. The van der Waals surface area contributed by atoms with Crippen molar-refractivity contribution in [1.82, 2.24) is 0 Å². The first-order valence-corrected chi connectivity index (χ1v) is 10.9. The number of carboxylic acids is 1. The third-order valence-electron chi connectivity index (χ3n) is 4.69. The lowest BCUT2D eigenvalue weighted by atomic mass is 10.1. The molecule has 0 aliphatic heterocycles. The predicted octanol–water partition coefficient (Wildman–Crippen LogP) is 4.37.